The quantitative estimate of drug-likeness (QED) is 0.641. The standard InChI is InChI=1S/C12H12O6/c1-6(13)7-4-8(11(15)17-2)9(5-10(7)14)12(16)18-3/h4-5,14H,1-3H3. The molecule has 96 valence electrons. The van der Waals surface area contributed by atoms with E-state index in [1.807, 2.05) is 0 Å². The minimum Gasteiger partial charge on any atom is -0.507 e. The maximum Gasteiger partial charge on any atom is 0.338 e. The lowest BCUT2D eigenvalue weighted by atomic mass is 10.0. The van der Waals surface area contributed by atoms with Gasteiger partial charge in [-0.25, -0.2) is 9.59 Å². The average molecular weight is 252 g/mol. The molecule has 6 nitrogen and oxygen atoms in total. The molecule has 0 aliphatic carbocycles. The Morgan fingerprint density at radius 3 is 1.78 bits per heavy atom. The highest BCUT2D eigenvalue weighted by atomic mass is 16.5. The second kappa shape index (κ2) is 5.31. The number of Topliss-reactive ketones (excluding diaryl/α,β-unsaturated/α-hetero) is 1. The van der Waals surface area contributed by atoms with Gasteiger partial charge >= 0.3 is 11.9 Å². The van der Waals surface area contributed by atoms with E-state index in [0.29, 0.717) is 0 Å². The summed E-state index contributed by atoms with van der Waals surface area (Å²) in [6.07, 6.45) is 0. The van der Waals surface area contributed by atoms with E-state index in [1.165, 1.54) is 6.92 Å². The number of ether oxygens (including phenoxy) is 2. The molecule has 0 amide bonds. The molecule has 0 aromatic heterocycles. The van der Waals surface area contributed by atoms with E-state index in [4.69, 9.17) is 0 Å². The Hall–Kier alpha value is -2.37. The van der Waals surface area contributed by atoms with Gasteiger partial charge in [-0.2, -0.15) is 0 Å². The van der Waals surface area contributed by atoms with Gasteiger partial charge in [0.25, 0.3) is 0 Å². The van der Waals surface area contributed by atoms with Crippen LogP contribution < -0.4 is 0 Å². The lowest BCUT2D eigenvalue weighted by Crippen LogP contribution is -2.13. The molecule has 1 rings (SSSR count). The van der Waals surface area contributed by atoms with Crippen molar-refractivity contribution in [1.29, 1.82) is 0 Å². The number of ketones is 1. The summed E-state index contributed by atoms with van der Waals surface area (Å²) in [7, 11) is 2.28. The number of carbonyl (C=O) groups excluding carboxylic acids is 3. The monoisotopic (exact) mass is 252 g/mol. The third-order valence-corrected chi connectivity index (χ3v) is 2.33. The molecule has 0 heterocycles. The molecule has 6 heteroatoms. The first kappa shape index (κ1) is 13.7. The largest absolute Gasteiger partial charge is 0.507 e. The Kier molecular flexibility index (Phi) is 4.04. The number of hydrogen-bond donors (Lipinski definition) is 1. The zero-order chi connectivity index (χ0) is 13.9. The van der Waals surface area contributed by atoms with Crippen LogP contribution >= 0.6 is 0 Å². The fourth-order valence-electron chi connectivity index (χ4n) is 1.43. The van der Waals surface area contributed by atoms with Crippen LogP contribution in [0, 0.1) is 0 Å². The van der Waals surface area contributed by atoms with E-state index < -0.39 is 23.5 Å². The van der Waals surface area contributed by atoms with Crippen LogP contribution in [0.25, 0.3) is 0 Å². The molecule has 0 spiro atoms. The van der Waals surface area contributed by atoms with Crippen LogP contribution in [0.4, 0.5) is 0 Å². The predicted octanol–water partition coefficient (Wildman–Crippen LogP) is 1.17. The van der Waals surface area contributed by atoms with E-state index in [1.54, 1.807) is 0 Å². The smallest absolute Gasteiger partial charge is 0.338 e. The number of carbonyl (C=O) groups is 3. The normalized spacial score (nSPS) is 9.72. The minimum atomic E-state index is -0.805. The van der Waals surface area contributed by atoms with Crippen molar-refractivity contribution in [2.45, 2.75) is 6.92 Å². The number of benzene rings is 1. The van der Waals surface area contributed by atoms with Gasteiger partial charge in [-0.05, 0) is 19.1 Å². The van der Waals surface area contributed by atoms with Crippen LogP contribution in [0.2, 0.25) is 0 Å². The Balaban J connectivity index is 3.51. The van der Waals surface area contributed by atoms with E-state index in [9.17, 15) is 19.5 Å². The van der Waals surface area contributed by atoms with Gasteiger partial charge in [-0.3, -0.25) is 4.79 Å². The molecule has 1 N–H and O–H groups in total. The van der Waals surface area contributed by atoms with Crippen LogP contribution in [-0.2, 0) is 9.47 Å². The van der Waals surface area contributed by atoms with Crippen molar-refractivity contribution in [3.63, 3.8) is 0 Å². The van der Waals surface area contributed by atoms with Gasteiger partial charge < -0.3 is 14.6 Å². The summed E-state index contributed by atoms with van der Waals surface area (Å²) in [5.41, 5.74) is -0.359. The molecule has 0 aliphatic heterocycles. The highest BCUT2D eigenvalue weighted by Gasteiger charge is 2.22. The summed E-state index contributed by atoms with van der Waals surface area (Å²) >= 11 is 0. The van der Waals surface area contributed by atoms with Crippen LogP contribution in [0.3, 0.4) is 0 Å². The van der Waals surface area contributed by atoms with Crippen LogP contribution in [0.1, 0.15) is 38.0 Å². The molecule has 0 atom stereocenters. The molecule has 1 aromatic rings. The molecule has 0 radical (unpaired) electrons. The Labute approximate surface area is 103 Å². The fraction of sp³-hybridized carbons (Fsp3) is 0.250. The van der Waals surface area contributed by atoms with Gasteiger partial charge in [0.1, 0.15) is 5.75 Å². The number of phenolic OH excluding ortho intramolecular Hbond substituents is 1. The molecule has 0 saturated carbocycles. The van der Waals surface area contributed by atoms with Crippen LogP contribution in [0.5, 0.6) is 5.75 Å². The Morgan fingerprint density at radius 1 is 0.944 bits per heavy atom. The fourth-order valence-corrected chi connectivity index (χ4v) is 1.43. The van der Waals surface area contributed by atoms with Gasteiger partial charge in [0, 0.05) is 0 Å². The zero-order valence-corrected chi connectivity index (χ0v) is 10.1. The number of methoxy groups -OCH3 is 2. The van der Waals surface area contributed by atoms with Crippen LogP contribution in [0.15, 0.2) is 12.1 Å². The SMILES string of the molecule is COC(=O)c1cc(O)c(C(C)=O)cc1C(=O)OC. The number of rotatable bonds is 3. The zero-order valence-electron chi connectivity index (χ0n) is 10.1. The molecule has 18 heavy (non-hydrogen) atoms. The lowest BCUT2D eigenvalue weighted by molar-refractivity contribution is 0.0554. The third-order valence-electron chi connectivity index (χ3n) is 2.33. The number of phenols is 1. The first-order valence-electron chi connectivity index (χ1n) is 4.97. The van der Waals surface area contributed by atoms with Crippen molar-refractivity contribution >= 4 is 17.7 Å². The molecular weight excluding hydrogens is 240 g/mol. The summed E-state index contributed by atoms with van der Waals surface area (Å²) < 4.78 is 8.99. The van der Waals surface area contributed by atoms with Gasteiger partial charge in [-0.1, -0.05) is 0 Å². The maximum atomic E-state index is 11.5. The number of esters is 2. The van der Waals surface area contributed by atoms with Gasteiger partial charge in [-0.15, -0.1) is 0 Å². The highest BCUT2D eigenvalue weighted by Crippen LogP contribution is 2.24. The summed E-state index contributed by atoms with van der Waals surface area (Å²) in [5.74, 6) is -2.43. The lowest BCUT2D eigenvalue weighted by Gasteiger charge is -2.09. The predicted molar refractivity (Wildman–Crippen MR) is 60.8 cm³/mol. The molecule has 0 bridgehead atoms. The summed E-state index contributed by atoms with van der Waals surface area (Å²) in [6, 6.07) is 2.12. The molecule has 0 unspecified atom stereocenters. The molecular formula is C12H12O6. The van der Waals surface area contributed by atoms with Crippen molar-refractivity contribution in [3.8, 4) is 5.75 Å². The van der Waals surface area contributed by atoms with E-state index >= 15 is 0 Å². The second-order valence-corrected chi connectivity index (χ2v) is 3.45. The number of aromatic hydroxyl groups is 1. The highest BCUT2D eigenvalue weighted by molar-refractivity contribution is 6.07. The summed E-state index contributed by atoms with van der Waals surface area (Å²) in [4.78, 5) is 34.2. The topological polar surface area (TPSA) is 89.9 Å². The van der Waals surface area contributed by atoms with E-state index in [-0.39, 0.29) is 16.7 Å². The van der Waals surface area contributed by atoms with E-state index in [0.717, 1.165) is 26.4 Å². The van der Waals surface area contributed by atoms with Gasteiger partial charge in [0.05, 0.1) is 30.9 Å². The summed E-state index contributed by atoms with van der Waals surface area (Å²) in [5, 5.41) is 9.60. The Morgan fingerprint density at radius 2 is 1.39 bits per heavy atom. The van der Waals surface area contributed by atoms with Crippen molar-refractivity contribution in [2.75, 3.05) is 14.2 Å². The first-order valence-corrected chi connectivity index (χ1v) is 4.97. The molecule has 0 aliphatic rings. The average Bonchev–Trinajstić information content (AvgIpc) is 2.36. The number of hydrogen-bond acceptors (Lipinski definition) is 6. The van der Waals surface area contributed by atoms with Gasteiger partial charge in [0.2, 0.25) is 0 Å². The van der Waals surface area contributed by atoms with Crippen molar-refractivity contribution in [3.05, 3.63) is 28.8 Å². The second-order valence-electron chi connectivity index (χ2n) is 3.45. The third kappa shape index (κ3) is 2.48. The van der Waals surface area contributed by atoms with Crippen molar-refractivity contribution in [2.24, 2.45) is 0 Å². The summed E-state index contributed by atoms with van der Waals surface area (Å²) in [6.45, 7) is 1.23. The van der Waals surface area contributed by atoms with E-state index in [2.05, 4.69) is 9.47 Å². The van der Waals surface area contributed by atoms with Crippen molar-refractivity contribution in [1.82, 2.24) is 0 Å². The maximum absolute atomic E-state index is 11.5. The molecule has 0 saturated heterocycles. The van der Waals surface area contributed by atoms with Crippen LogP contribution in [-0.4, -0.2) is 37.0 Å². The minimum absolute atomic E-state index is 0.0666. The van der Waals surface area contributed by atoms with Crippen molar-refractivity contribution < 1.29 is 29.0 Å². The molecule has 1 aromatic carbocycles. The Bertz CT molecular complexity index is 518. The first-order chi connectivity index (χ1) is 8.42. The molecule has 0 fully saturated rings. The van der Waals surface area contributed by atoms with Gasteiger partial charge in [0.15, 0.2) is 5.78 Å².